The Morgan fingerprint density at radius 1 is 1.16 bits per heavy atom. The monoisotopic (exact) mass is 258 g/mol. The first-order chi connectivity index (χ1) is 9.28. The average molecular weight is 258 g/mol. The number of rotatable bonds is 3. The second-order valence-electron chi connectivity index (χ2n) is 4.62. The molecule has 98 valence electrons. The number of halogens is 1. The highest BCUT2D eigenvalue weighted by Crippen LogP contribution is 2.30. The summed E-state index contributed by atoms with van der Waals surface area (Å²) >= 11 is 0. The molecule has 0 radical (unpaired) electrons. The first-order valence-corrected chi connectivity index (χ1v) is 6.25. The van der Waals surface area contributed by atoms with E-state index in [0.717, 1.165) is 29.9 Å². The molecule has 0 aromatic heterocycles. The van der Waals surface area contributed by atoms with E-state index in [1.54, 1.807) is 6.07 Å². The molecule has 0 saturated heterocycles. The van der Waals surface area contributed by atoms with Gasteiger partial charge in [0.1, 0.15) is 11.6 Å². The summed E-state index contributed by atoms with van der Waals surface area (Å²) < 4.78 is 18.8. The standard InChI is InChI=1S/C15H15FN2O/c16-13-3-1-2-11(9-13)15(18-17)12-4-5-14-10(8-12)6-7-19-14/h1-5,8-9,15,18H,6-7,17H2. The van der Waals surface area contributed by atoms with Crippen LogP contribution in [0.2, 0.25) is 0 Å². The molecular formula is C15H15FN2O. The summed E-state index contributed by atoms with van der Waals surface area (Å²) in [6.07, 6.45) is 0.906. The topological polar surface area (TPSA) is 47.3 Å². The number of nitrogens with two attached hydrogens (primary N) is 1. The van der Waals surface area contributed by atoms with Crippen LogP contribution >= 0.6 is 0 Å². The van der Waals surface area contributed by atoms with E-state index in [4.69, 9.17) is 10.6 Å². The molecule has 1 atom stereocenters. The molecule has 0 aliphatic carbocycles. The lowest BCUT2D eigenvalue weighted by molar-refractivity contribution is 0.357. The minimum Gasteiger partial charge on any atom is -0.493 e. The van der Waals surface area contributed by atoms with Crippen LogP contribution in [0.15, 0.2) is 42.5 Å². The van der Waals surface area contributed by atoms with E-state index in [-0.39, 0.29) is 11.9 Å². The SMILES string of the molecule is NNC(c1cccc(F)c1)c1ccc2c(c1)CCO2. The molecule has 3 N–H and O–H groups in total. The van der Waals surface area contributed by atoms with E-state index >= 15 is 0 Å². The number of ether oxygens (including phenoxy) is 1. The van der Waals surface area contributed by atoms with Crippen molar-refractivity contribution in [3.8, 4) is 5.75 Å². The summed E-state index contributed by atoms with van der Waals surface area (Å²) in [5.74, 6) is 6.30. The van der Waals surface area contributed by atoms with Crippen LogP contribution in [0.25, 0.3) is 0 Å². The smallest absolute Gasteiger partial charge is 0.123 e. The molecule has 1 unspecified atom stereocenters. The lowest BCUT2D eigenvalue weighted by Crippen LogP contribution is -2.28. The highest BCUT2D eigenvalue weighted by atomic mass is 19.1. The Labute approximate surface area is 111 Å². The minimum absolute atomic E-state index is 0.221. The number of nitrogens with one attached hydrogen (secondary N) is 1. The van der Waals surface area contributed by atoms with Crippen LogP contribution in [0.1, 0.15) is 22.7 Å². The van der Waals surface area contributed by atoms with E-state index in [0.29, 0.717) is 0 Å². The summed E-state index contributed by atoms with van der Waals surface area (Å²) in [6, 6.07) is 12.2. The first-order valence-electron chi connectivity index (χ1n) is 6.25. The number of hydrogen-bond donors (Lipinski definition) is 2. The van der Waals surface area contributed by atoms with Gasteiger partial charge in [0.05, 0.1) is 12.6 Å². The molecule has 0 saturated carbocycles. The largest absolute Gasteiger partial charge is 0.493 e. The molecule has 19 heavy (non-hydrogen) atoms. The van der Waals surface area contributed by atoms with Crippen LogP contribution in [0.4, 0.5) is 4.39 Å². The predicted molar refractivity (Wildman–Crippen MR) is 71.2 cm³/mol. The lowest BCUT2D eigenvalue weighted by Gasteiger charge is -2.17. The van der Waals surface area contributed by atoms with Gasteiger partial charge in [0.25, 0.3) is 0 Å². The zero-order chi connectivity index (χ0) is 13.2. The molecule has 0 bridgehead atoms. The molecule has 4 heteroatoms. The van der Waals surface area contributed by atoms with Gasteiger partial charge in [-0.3, -0.25) is 5.84 Å². The van der Waals surface area contributed by atoms with Crippen molar-refractivity contribution < 1.29 is 9.13 Å². The summed E-state index contributed by atoms with van der Waals surface area (Å²) in [4.78, 5) is 0. The van der Waals surface area contributed by atoms with Gasteiger partial charge in [-0.2, -0.15) is 0 Å². The zero-order valence-electron chi connectivity index (χ0n) is 10.4. The third-order valence-electron chi connectivity index (χ3n) is 3.40. The van der Waals surface area contributed by atoms with E-state index in [2.05, 4.69) is 11.5 Å². The average Bonchev–Trinajstić information content (AvgIpc) is 2.87. The van der Waals surface area contributed by atoms with Crippen LogP contribution in [-0.2, 0) is 6.42 Å². The van der Waals surface area contributed by atoms with Crippen LogP contribution in [0.5, 0.6) is 5.75 Å². The number of hydrogen-bond acceptors (Lipinski definition) is 3. The molecule has 3 rings (SSSR count). The summed E-state index contributed by atoms with van der Waals surface area (Å²) in [5.41, 5.74) is 5.74. The van der Waals surface area contributed by atoms with Crippen molar-refractivity contribution in [2.75, 3.05) is 6.61 Å². The van der Waals surface area contributed by atoms with Gasteiger partial charge in [0.2, 0.25) is 0 Å². The van der Waals surface area contributed by atoms with Gasteiger partial charge in [0, 0.05) is 6.42 Å². The molecule has 1 heterocycles. The fourth-order valence-electron chi connectivity index (χ4n) is 2.46. The van der Waals surface area contributed by atoms with Crippen molar-refractivity contribution in [3.63, 3.8) is 0 Å². The second kappa shape index (κ2) is 4.99. The van der Waals surface area contributed by atoms with Gasteiger partial charge in [0.15, 0.2) is 0 Å². The molecule has 1 aliphatic heterocycles. The normalized spacial score (nSPS) is 14.8. The van der Waals surface area contributed by atoms with Crippen LogP contribution in [-0.4, -0.2) is 6.61 Å². The number of benzene rings is 2. The van der Waals surface area contributed by atoms with Gasteiger partial charge >= 0.3 is 0 Å². The fraction of sp³-hybridized carbons (Fsp3) is 0.200. The third-order valence-corrected chi connectivity index (χ3v) is 3.40. The highest BCUT2D eigenvalue weighted by molar-refractivity contribution is 5.43. The third kappa shape index (κ3) is 2.32. The molecule has 3 nitrogen and oxygen atoms in total. The molecule has 0 amide bonds. The molecule has 0 spiro atoms. The number of hydrazine groups is 1. The quantitative estimate of drug-likeness (QED) is 0.656. The Morgan fingerprint density at radius 3 is 2.79 bits per heavy atom. The molecular weight excluding hydrogens is 243 g/mol. The van der Waals surface area contributed by atoms with Gasteiger partial charge in [-0.05, 0) is 34.9 Å². The Kier molecular flexibility index (Phi) is 3.19. The van der Waals surface area contributed by atoms with Crippen molar-refractivity contribution in [3.05, 3.63) is 65.0 Å². The number of fused-ring (bicyclic) bond motifs is 1. The van der Waals surface area contributed by atoms with Gasteiger partial charge in [-0.1, -0.05) is 24.3 Å². The van der Waals surface area contributed by atoms with E-state index < -0.39 is 0 Å². The Hall–Kier alpha value is -1.91. The molecule has 0 fully saturated rings. The van der Waals surface area contributed by atoms with E-state index in [9.17, 15) is 4.39 Å². The lowest BCUT2D eigenvalue weighted by atomic mass is 9.97. The van der Waals surface area contributed by atoms with Gasteiger partial charge in [-0.25, -0.2) is 9.82 Å². The maximum absolute atomic E-state index is 13.3. The maximum Gasteiger partial charge on any atom is 0.123 e. The Bertz CT molecular complexity index is 600. The highest BCUT2D eigenvalue weighted by Gasteiger charge is 2.17. The van der Waals surface area contributed by atoms with E-state index in [1.165, 1.54) is 17.7 Å². The van der Waals surface area contributed by atoms with Crippen molar-refractivity contribution in [1.29, 1.82) is 0 Å². The molecule has 1 aliphatic rings. The Morgan fingerprint density at radius 2 is 2.00 bits per heavy atom. The van der Waals surface area contributed by atoms with Gasteiger partial charge < -0.3 is 4.74 Å². The summed E-state index contributed by atoms with van der Waals surface area (Å²) in [7, 11) is 0. The molecule has 2 aromatic rings. The Balaban J connectivity index is 1.98. The first kappa shape index (κ1) is 12.1. The summed E-state index contributed by atoms with van der Waals surface area (Å²) in [5, 5.41) is 0. The van der Waals surface area contributed by atoms with Crippen molar-refractivity contribution in [1.82, 2.24) is 5.43 Å². The van der Waals surface area contributed by atoms with Crippen LogP contribution < -0.4 is 16.0 Å². The zero-order valence-corrected chi connectivity index (χ0v) is 10.4. The fourth-order valence-corrected chi connectivity index (χ4v) is 2.46. The maximum atomic E-state index is 13.3. The summed E-state index contributed by atoms with van der Waals surface area (Å²) in [6.45, 7) is 0.722. The molecule has 2 aromatic carbocycles. The van der Waals surface area contributed by atoms with Crippen molar-refractivity contribution in [2.45, 2.75) is 12.5 Å². The van der Waals surface area contributed by atoms with Crippen LogP contribution in [0, 0.1) is 5.82 Å². The minimum atomic E-state index is -0.262. The van der Waals surface area contributed by atoms with E-state index in [1.807, 2.05) is 18.2 Å². The predicted octanol–water partition coefficient (Wildman–Crippen LogP) is 2.31. The van der Waals surface area contributed by atoms with Gasteiger partial charge in [-0.15, -0.1) is 0 Å². The van der Waals surface area contributed by atoms with Crippen LogP contribution in [0.3, 0.4) is 0 Å². The van der Waals surface area contributed by atoms with Crippen molar-refractivity contribution >= 4 is 0 Å². The second-order valence-corrected chi connectivity index (χ2v) is 4.62. The van der Waals surface area contributed by atoms with Crippen molar-refractivity contribution in [2.24, 2.45) is 5.84 Å².